The van der Waals surface area contributed by atoms with Gasteiger partial charge in [-0.05, 0) is 24.1 Å². The molecule has 2 aromatic rings. The highest BCUT2D eigenvalue weighted by atomic mass is 16.5. The van der Waals surface area contributed by atoms with Crippen LogP contribution in [0.3, 0.4) is 0 Å². The van der Waals surface area contributed by atoms with E-state index >= 15 is 0 Å². The highest BCUT2D eigenvalue weighted by Crippen LogP contribution is 2.23. The zero-order chi connectivity index (χ0) is 17.9. The Hall–Kier alpha value is -2.76. The highest BCUT2D eigenvalue weighted by Gasteiger charge is 2.02. The van der Waals surface area contributed by atoms with Gasteiger partial charge >= 0.3 is 0 Å². The lowest BCUT2D eigenvalue weighted by Crippen LogP contribution is -2.37. The van der Waals surface area contributed by atoms with Gasteiger partial charge in [-0.3, -0.25) is 4.99 Å². The Morgan fingerprint density at radius 1 is 1.16 bits per heavy atom. The van der Waals surface area contributed by atoms with E-state index < -0.39 is 0 Å². The second kappa shape index (κ2) is 10.2. The predicted molar refractivity (Wildman–Crippen MR) is 100 cm³/mol. The third kappa shape index (κ3) is 6.33. The Balaban J connectivity index is 1.86. The smallest absolute Gasteiger partial charge is 0.219 e. The topological polar surface area (TPSA) is 67.8 Å². The lowest BCUT2D eigenvalue weighted by Gasteiger charge is -2.11. The first kappa shape index (κ1) is 18.6. The quantitative estimate of drug-likeness (QED) is 0.437. The molecule has 0 bridgehead atoms. The third-order valence-corrected chi connectivity index (χ3v) is 3.57. The largest absolute Gasteiger partial charge is 0.497 e. The third-order valence-electron chi connectivity index (χ3n) is 3.57. The summed E-state index contributed by atoms with van der Waals surface area (Å²) in [5.41, 5.74) is 1.05. The van der Waals surface area contributed by atoms with E-state index in [1.807, 2.05) is 36.4 Å². The molecule has 0 saturated heterocycles. The van der Waals surface area contributed by atoms with Crippen molar-refractivity contribution < 1.29 is 9.47 Å². The summed E-state index contributed by atoms with van der Waals surface area (Å²) in [4.78, 5) is 8.55. The predicted octanol–water partition coefficient (Wildman–Crippen LogP) is 3.35. The number of unbranched alkanes of at least 4 members (excludes halogenated alkanes) is 1. The average molecular weight is 342 g/mol. The summed E-state index contributed by atoms with van der Waals surface area (Å²) in [5.74, 6) is 2.78. The molecule has 2 rings (SSSR count). The lowest BCUT2D eigenvalue weighted by molar-refractivity contribution is 0.407. The summed E-state index contributed by atoms with van der Waals surface area (Å²) >= 11 is 0. The van der Waals surface area contributed by atoms with Gasteiger partial charge < -0.3 is 20.1 Å². The molecule has 1 aromatic heterocycles. The van der Waals surface area contributed by atoms with Crippen molar-refractivity contribution in [3.63, 3.8) is 0 Å². The molecular formula is C19H26N4O2. The molecule has 25 heavy (non-hydrogen) atoms. The molecule has 134 valence electrons. The molecule has 0 spiro atoms. The van der Waals surface area contributed by atoms with Gasteiger partial charge in [-0.2, -0.15) is 0 Å². The fourth-order valence-corrected chi connectivity index (χ4v) is 2.15. The van der Waals surface area contributed by atoms with E-state index in [0.29, 0.717) is 18.2 Å². The van der Waals surface area contributed by atoms with Crippen molar-refractivity contribution in [1.82, 2.24) is 15.6 Å². The zero-order valence-corrected chi connectivity index (χ0v) is 15.1. The fourth-order valence-electron chi connectivity index (χ4n) is 2.15. The van der Waals surface area contributed by atoms with Crippen LogP contribution in [0, 0.1) is 0 Å². The number of benzene rings is 1. The van der Waals surface area contributed by atoms with Gasteiger partial charge in [0.05, 0.1) is 7.11 Å². The van der Waals surface area contributed by atoms with E-state index in [2.05, 4.69) is 27.5 Å². The molecule has 0 unspecified atom stereocenters. The molecule has 0 amide bonds. The van der Waals surface area contributed by atoms with Gasteiger partial charge in [-0.1, -0.05) is 25.5 Å². The molecule has 0 aliphatic heterocycles. The van der Waals surface area contributed by atoms with Crippen molar-refractivity contribution in [2.24, 2.45) is 4.99 Å². The second-order valence-electron chi connectivity index (χ2n) is 5.49. The summed E-state index contributed by atoms with van der Waals surface area (Å²) in [6.45, 7) is 3.73. The number of nitrogens with zero attached hydrogens (tertiary/aromatic N) is 2. The van der Waals surface area contributed by atoms with E-state index in [0.717, 1.165) is 36.7 Å². The van der Waals surface area contributed by atoms with Crippen molar-refractivity contribution in [2.75, 3.05) is 20.7 Å². The first-order valence-electron chi connectivity index (χ1n) is 8.46. The van der Waals surface area contributed by atoms with E-state index in [4.69, 9.17) is 9.47 Å². The Kier molecular flexibility index (Phi) is 7.56. The minimum absolute atomic E-state index is 0.544. The van der Waals surface area contributed by atoms with Gasteiger partial charge in [0, 0.05) is 38.5 Å². The Morgan fingerprint density at radius 2 is 2.00 bits per heavy atom. The molecule has 1 aromatic carbocycles. The van der Waals surface area contributed by atoms with Crippen molar-refractivity contribution in [3.05, 3.63) is 48.2 Å². The Bertz CT molecular complexity index is 671. The van der Waals surface area contributed by atoms with Gasteiger partial charge in [-0.25, -0.2) is 4.98 Å². The maximum Gasteiger partial charge on any atom is 0.219 e. The molecule has 0 saturated carbocycles. The number of guanidine groups is 1. The lowest BCUT2D eigenvalue weighted by atomic mass is 10.3. The second-order valence-corrected chi connectivity index (χ2v) is 5.49. The molecular weight excluding hydrogens is 316 g/mol. The molecule has 0 aliphatic carbocycles. The van der Waals surface area contributed by atoms with Crippen LogP contribution in [-0.4, -0.2) is 31.6 Å². The van der Waals surface area contributed by atoms with Gasteiger partial charge in [0.2, 0.25) is 5.88 Å². The van der Waals surface area contributed by atoms with Crippen LogP contribution in [0.15, 0.2) is 47.6 Å². The first-order valence-corrected chi connectivity index (χ1v) is 8.46. The van der Waals surface area contributed by atoms with Gasteiger partial charge in [0.15, 0.2) is 5.96 Å². The standard InChI is InChI=1S/C19H26N4O2/c1-4-5-11-21-19(20-2)23-14-15-9-10-18(22-13-15)25-17-8-6-7-16(12-17)24-3/h6-10,12-13H,4-5,11,14H2,1-3H3,(H2,20,21,23). The minimum atomic E-state index is 0.544. The van der Waals surface area contributed by atoms with Gasteiger partial charge in [0.25, 0.3) is 0 Å². The summed E-state index contributed by atoms with van der Waals surface area (Å²) in [7, 11) is 3.40. The van der Waals surface area contributed by atoms with Crippen LogP contribution in [0.2, 0.25) is 0 Å². The molecule has 2 N–H and O–H groups in total. The van der Waals surface area contributed by atoms with Crippen LogP contribution < -0.4 is 20.1 Å². The maximum absolute atomic E-state index is 5.74. The molecule has 6 nitrogen and oxygen atoms in total. The van der Waals surface area contributed by atoms with Gasteiger partial charge in [-0.15, -0.1) is 0 Å². The van der Waals surface area contributed by atoms with E-state index in [1.165, 1.54) is 0 Å². The first-order chi connectivity index (χ1) is 12.2. The van der Waals surface area contributed by atoms with E-state index in [1.54, 1.807) is 20.4 Å². The number of pyridine rings is 1. The monoisotopic (exact) mass is 342 g/mol. The van der Waals surface area contributed by atoms with Crippen LogP contribution in [0.25, 0.3) is 0 Å². The fraction of sp³-hybridized carbons (Fsp3) is 0.368. The van der Waals surface area contributed by atoms with Crippen molar-refractivity contribution >= 4 is 5.96 Å². The SMILES string of the molecule is CCCCNC(=NC)NCc1ccc(Oc2cccc(OC)c2)nc1. The van der Waals surface area contributed by atoms with Crippen molar-refractivity contribution in [2.45, 2.75) is 26.3 Å². The molecule has 6 heteroatoms. The summed E-state index contributed by atoms with van der Waals surface area (Å²) < 4.78 is 10.9. The highest BCUT2D eigenvalue weighted by molar-refractivity contribution is 5.79. The van der Waals surface area contributed by atoms with Crippen LogP contribution >= 0.6 is 0 Å². The number of methoxy groups -OCH3 is 1. The number of aliphatic imine (C=N–C) groups is 1. The summed E-state index contributed by atoms with van der Waals surface area (Å²) in [5, 5.41) is 6.55. The number of rotatable bonds is 8. The normalized spacial score (nSPS) is 11.1. The van der Waals surface area contributed by atoms with Crippen molar-refractivity contribution in [3.8, 4) is 17.4 Å². The average Bonchev–Trinajstić information content (AvgIpc) is 2.66. The Labute approximate surface area is 149 Å². The van der Waals surface area contributed by atoms with Crippen LogP contribution in [0.5, 0.6) is 17.4 Å². The molecule has 0 radical (unpaired) electrons. The summed E-state index contributed by atoms with van der Waals surface area (Å²) in [6.07, 6.45) is 4.07. The maximum atomic E-state index is 5.74. The molecule has 0 aliphatic rings. The van der Waals surface area contributed by atoms with Crippen molar-refractivity contribution in [1.29, 1.82) is 0 Å². The molecule has 1 heterocycles. The summed E-state index contributed by atoms with van der Waals surface area (Å²) in [6, 6.07) is 11.3. The molecule has 0 fully saturated rings. The number of nitrogens with one attached hydrogen (secondary N) is 2. The van der Waals surface area contributed by atoms with E-state index in [-0.39, 0.29) is 0 Å². The zero-order valence-electron chi connectivity index (χ0n) is 15.1. The Morgan fingerprint density at radius 3 is 2.68 bits per heavy atom. The van der Waals surface area contributed by atoms with Crippen LogP contribution in [-0.2, 0) is 6.54 Å². The molecule has 0 atom stereocenters. The van der Waals surface area contributed by atoms with Gasteiger partial charge in [0.1, 0.15) is 11.5 Å². The van der Waals surface area contributed by atoms with E-state index in [9.17, 15) is 0 Å². The number of hydrogen-bond acceptors (Lipinski definition) is 4. The van der Waals surface area contributed by atoms with Crippen LogP contribution in [0.4, 0.5) is 0 Å². The number of ether oxygens (including phenoxy) is 2. The number of hydrogen-bond donors (Lipinski definition) is 2. The minimum Gasteiger partial charge on any atom is -0.497 e. The van der Waals surface area contributed by atoms with Crippen LogP contribution in [0.1, 0.15) is 25.3 Å². The number of aromatic nitrogens is 1.